The second-order valence-corrected chi connectivity index (χ2v) is 5.88. The highest BCUT2D eigenvalue weighted by atomic mass is 16.5. The van der Waals surface area contributed by atoms with Crippen LogP contribution in [0.1, 0.15) is 24.8 Å². The Kier molecular flexibility index (Phi) is 5.98. The summed E-state index contributed by atoms with van der Waals surface area (Å²) in [7, 11) is 1.60. The van der Waals surface area contributed by atoms with Crippen LogP contribution in [0.4, 0.5) is 5.69 Å². The van der Waals surface area contributed by atoms with E-state index in [1.165, 1.54) is 0 Å². The van der Waals surface area contributed by atoms with E-state index in [1.807, 2.05) is 19.1 Å². The van der Waals surface area contributed by atoms with Crippen LogP contribution in [0.5, 0.6) is 5.75 Å². The summed E-state index contributed by atoms with van der Waals surface area (Å²) in [5.41, 5.74) is 1.64. The van der Waals surface area contributed by atoms with Crippen molar-refractivity contribution in [3.05, 3.63) is 23.8 Å². The van der Waals surface area contributed by atoms with Crippen molar-refractivity contribution in [2.45, 2.75) is 26.2 Å². The molecule has 1 aromatic carbocycles. The molecular weight excluding hydrogens is 298 g/mol. The smallest absolute Gasteiger partial charge is 0.306 e. The van der Waals surface area contributed by atoms with E-state index < -0.39 is 11.9 Å². The Balaban J connectivity index is 2.01. The molecule has 1 aliphatic rings. The second kappa shape index (κ2) is 7.97. The van der Waals surface area contributed by atoms with Gasteiger partial charge < -0.3 is 19.9 Å². The van der Waals surface area contributed by atoms with E-state index in [2.05, 4.69) is 5.32 Å². The lowest BCUT2D eigenvalue weighted by Gasteiger charge is -2.15. The fourth-order valence-electron chi connectivity index (χ4n) is 2.77. The number of ether oxygens (including phenoxy) is 2. The van der Waals surface area contributed by atoms with Gasteiger partial charge in [0.1, 0.15) is 12.4 Å². The molecule has 6 heteroatoms. The number of hydrogen-bond acceptors (Lipinski definition) is 4. The number of hydrogen-bond donors (Lipinski definition) is 2. The van der Waals surface area contributed by atoms with Crippen LogP contribution >= 0.6 is 0 Å². The molecule has 2 rings (SSSR count). The Morgan fingerprint density at radius 1 is 1.26 bits per heavy atom. The molecule has 0 spiro atoms. The van der Waals surface area contributed by atoms with Crippen LogP contribution in [0.3, 0.4) is 0 Å². The number of aliphatic carboxylic acids is 1. The summed E-state index contributed by atoms with van der Waals surface area (Å²) in [6, 6.07) is 5.56. The molecule has 23 heavy (non-hydrogen) atoms. The lowest BCUT2D eigenvalue weighted by molar-refractivity contribution is -0.141. The van der Waals surface area contributed by atoms with E-state index in [1.54, 1.807) is 13.2 Å². The Morgan fingerprint density at radius 3 is 2.65 bits per heavy atom. The third kappa shape index (κ3) is 4.69. The molecule has 2 atom stereocenters. The number of benzene rings is 1. The van der Waals surface area contributed by atoms with Crippen molar-refractivity contribution >= 4 is 17.6 Å². The molecule has 6 nitrogen and oxygen atoms in total. The van der Waals surface area contributed by atoms with E-state index >= 15 is 0 Å². The van der Waals surface area contributed by atoms with Gasteiger partial charge in [-0.3, -0.25) is 9.59 Å². The van der Waals surface area contributed by atoms with E-state index in [-0.39, 0.29) is 11.8 Å². The minimum atomic E-state index is -0.820. The van der Waals surface area contributed by atoms with Gasteiger partial charge in [0.05, 0.1) is 18.2 Å². The Hall–Kier alpha value is -2.08. The molecule has 1 fully saturated rings. The summed E-state index contributed by atoms with van der Waals surface area (Å²) in [5, 5.41) is 11.9. The van der Waals surface area contributed by atoms with Gasteiger partial charge >= 0.3 is 5.97 Å². The lowest BCUT2D eigenvalue weighted by atomic mass is 10.0. The number of methoxy groups -OCH3 is 1. The maximum absolute atomic E-state index is 12.4. The fraction of sp³-hybridized carbons (Fsp3) is 0.529. The first-order chi connectivity index (χ1) is 11.0. The molecule has 126 valence electrons. The largest absolute Gasteiger partial charge is 0.489 e. The number of anilines is 1. The number of carbonyl (C=O) groups is 2. The lowest BCUT2D eigenvalue weighted by Crippen LogP contribution is -2.22. The van der Waals surface area contributed by atoms with Gasteiger partial charge in [0.2, 0.25) is 5.91 Å². The standard InChI is InChI=1S/C17H23NO5/c1-11-3-6-14(15(9-11)23-8-7-22-2)18-16(19)12-4-5-13(10-12)17(20)21/h3,6,9,12-13H,4-5,7-8,10H2,1-2H3,(H,18,19)(H,20,21)/t12-,13+/m1/s1. The topological polar surface area (TPSA) is 84.9 Å². The van der Waals surface area contributed by atoms with Gasteiger partial charge in [-0.1, -0.05) is 6.07 Å². The fourth-order valence-corrected chi connectivity index (χ4v) is 2.77. The van der Waals surface area contributed by atoms with Crippen LogP contribution in [0.15, 0.2) is 18.2 Å². The summed E-state index contributed by atoms with van der Waals surface area (Å²) in [6.45, 7) is 2.81. The molecule has 1 amide bonds. The number of aryl methyl sites for hydroxylation is 1. The first-order valence-corrected chi connectivity index (χ1v) is 7.77. The van der Waals surface area contributed by atoms with Crippen LogP contribution in [0.25, 0.3) is 0 Å². The first kappa shape index (κ1) is 17.3. The van der Waals surface area contributed by atoms with Crippen LogP contribution in [-0.4, -0.2) is 37.3 Å². The quantitative estimate of drug-likeness (QED) is 0.754. The normalized spacial score (nSPS) is 20.3. The van der Waals surface area contributed by atoms with Crippen LogP contribution in [0, 0.1) is 18.8 Å². The van der Waals surface area contributed by atoms with Crippen LogP contribution in [-0.2, 0) is 14.3 Å². The zero-order valence-corrected chi connectivity index (χ0v) is 13.5. The van der Waals surface area contributed by atoms with Crippen LogP contribution in [0.2, 0.25) is 0 Å². The van der Waals surface area contributed by atoms with Gasteiger partial charge in [-0.25, -0.2) is 0 Å². The minimum absolute atomic E-state index is 0.144. The van der Waals surface area contributed by atoms with Gasteiger partial charge in [0, 0.05) is 13.0 Å². The number of amides is 1. The second-order valence-electron chi connectivity index (χ2n) is 5.88. The van der Waals surface area contributed by atoms with E-state index in [0.717, 1.165) is 5.56 Å². The van der Waals surface area contributed by atoms with E-state index in [9.17, 15) is 9.59 Å². The van der Waals surface area contributed by atoms with Crippen molar-refractivity contribution in [2.24, 2.45) is 11.8 Å². The summed E-state index contributed by atoms with van der Waals surface area (Å²) >= 11 is 0. The van der Waals surface area contributed by atoms with Gasteiger partial charge in [-0.05, 0) is 43.9 Å². The summed E-state index contributed by atoms with van der Waals surface area (Å²) in [4.78, 5) is 23.4. The Morgan fingerprint density at radius 2 is 2.00 bits per heavy atom. The average Bonchev–Trinajstić information content (AvgIpc) is 3.00. The Labute approximate surface area is 135 Å². The van der Waals surface area contributed by atoms with Crippen molar-refractivity contribution in [2.75, 3.05) is 25.6 Å². The summed E-state index contributed by atoms with van der Waals surface area (Å²) in [6.07, 6.45) is 1.56. The molecule has 0 heterocycles. The van der Waals surface area contributed by atoms with E-state index in [4.69, 9.17) is 14.6 Å². The third-order valence-corrected chi connectivity index (χ3v) is 4.09. The Bertz CT molecular complexity index is 572. The van der Waals surface area contributed by atoms with Gasteiger partial charge in [-0.2, -0.15) is 0 Å². The number of carboxylic acids is 1. The maximum atomic E-state index is 12.4. The molecule has 0 unspecified atom stereocenters. The molecule has 0 bridgehead atoms. The molecule has 1 aliphatic carbocycles. The average molecular weight is 321 g/mol. The molecule has 2 N–H and O–H groups in total. The van der Waals surface area contributed by atoms with Crippen molar-refractivity contribution < 1.29 is 24.2 Å². The highest BCUT2D eigenvalue weighted by molar-refractivity contribution is 5.94. The van der Waals surface area contributed by atoms with Crippen molar-refractivity contribution in [3.63, 3.8) is 0 Å². The molecule has 0 aromatic heterocycles. The third-order valence-electron chi connectivity index (χ3n) is 4.09. The van der Waals surface area contributed by atoms with Gasteiger partial charge in [0.15, 0.2) is 0 Å². The van der Waals surface area contributed by atoms with Crippen molar-refractivity contribution in [1.29, 1.82) is 0 Å². The molecule has 1 saturated carbocycles. The minimum Gasteiger partial charge on any atom is -0.489 e. The van der Waals surface area contributed by atoms with Crippen molar-refractivity contribution in [1.82, 2.24) is 0 Å². The monoisotopic (exact) mass is 321 g/mol. The van der Waals surface area contributed by atoms with E-state index in [0.29, 0.717) is 43.9 Å². The van der Waals surface area contributed by atoms with Gasteiger partial charge in [0.25, 0.3) is 0 Å². The highest BCUT2D eigenvalue weighted by Gasteiger charge is 2.34. The molecular formula is C17H23NO5. The number of nitrogens with one attached hydrogen (secondary N) is 1. The predicted molar refractivity (Wildman–Crippen MR) is 85.6 cm³/mol. The predicted octanol–water partition coefficient (Wildman–Crippen LogP) is 2.46. The zero-order chi connectivity index (χ0) is 16.8. The molecule has 0 radical (unpaired) electrons. The highest BCUT2D eigenvalue weighted by Crippen LogP contribution is 2.33. The maximum Gasteiger partial charge on any atom is 0.306 e. The molecule has 1 aromatic rings. The van der Waals surface area contributed by atoms with Gasteiger partial charge in [-0.15, -0.1) is 0 Å². The zero-order valence-electron chi connectivity index (χ0n) is 13.5. The van der Waals surface area contributed by atoms with Crippen LogP contribution < -0.4 is 10.1 Å². The molecule has 0 saturated heterocycles. The number of rotatable bonds is 7. The molecule has 0 aliphatic heterocycles. The number of carbonyl (C=O) groups excluding carboxylic acids is 1. The SMILES string of the molecule is COCCOc1cc(C)ccc1NC(=O)[C@@H]1CC[C@H](C(=O)O)C1. The first-order valence-electron chi connectivity index (χ1n) is 7.77. The summed E-state index contributed by atoms with van der Waals surface area (Å²) < 4.78 is 10.6. The number of carboxylic acid groups (broad SMARTS) is 1. The summed E-state index contributed by atoms with van der Waals surface area (Å²) in [5.74, 6) is -1.04. The van der Waals surface area contributed by atoms with Crippen molar-refractivity contribution in [3.8, 4) is 5.75 Å².